The number of carbonyl (C=O) groups is 1. The third-order valence-electron chi connectivity index (χ3n) is 3.80. The Balaban J connectivity index is 1.90. The van der Waals surface area contributed by atoms with Crippen LogP contribution in [-0.2, 0) is 13.0 Å². The van der Waals surface area contributed by atoms with Crippen molar-refractivity contribution in [1.29, 1.82) is 0 Å². The lowest BCUT2D eigenvalue weighted by molar-refractivity contribution is 0.251. The van der Waals surface area contributed by atoms with Crippen molar-refractivity contribution in [3.8, 4) is 0 Å². The van der Waals surface area contributed by atoms with E-state index in [9.17, 15) is 9.59 Å². The van der Waals surface area contributed by atoms with Crippen LogP contribution in [0.3, 0.4) is 0 Å². The molecule has 122 valence electrons. The molecule has 0 radical (unpaired) electrons. The summed E-state index contributed by atoms with van der Waals surface area (Å²) in [6, 6.07) is 7.40. The molecule has 0 saturated carbocycles. The molecule has 0 aliphatic carbocycles. The number of nitrogens with zero attached hydrogens (tertiary/aromatic N) is 2. The number of nitrogens with one attached hydrogen (secondary N) is 2. The Labute approximate surface area is 135 Å². The zero-order valence-electron chi connectivity index (χ0n) is 13.7. The van der Waals surface area contributed by atoms with Crippen LogP contribution in [0, 0.1) is 13.8 Å². The largest absolute Gasteiger partial charge is 0.336 e. The predicted molar refractivity (Wildman–Crippen MR) is 90.8 cm³/mol. The van der Waals surface area contributed by atoms with E-state index in [1.807, 2.05) is 31.2 Å². The number of anilines is 1. The highest BCUT2D eigenvalue weighted by atomic mass is 16.2. The van der Waals surface area contributed by atoms with E-state index in [1.54, 1.807) is 13.8 Å². The molecule has 0 atom stereocenters. The number of amides is 2. The van der Waals surface area contributed by atoms with E-state index < -0.39 is 0 Å². The molecule has 0 bridgehead atoms. The minimum atomic E-state index is -0.282. The third kappa shape index (κ3) is 4.18. The minimum absolute atomic E-state index is 0.0731. The molecule has 0 spiro atoms. The maximum absolute atomic E-state index is 12.0. The second-order valence-corrected chi connectivity index (χ2v) is 5.35. The summed E-state index contributed by atoms with van der Waals surface area (Å²) in [5.41, 5.74) is 3.17. The van der Waals surface area contributed by atoms with Crippen molar-refractivity contribution < 1.29 is 4.79 Å². The summed E-state index contributed by atoms with van der Waals surface area (Å²) in [4.78, 5) is 28.1. The van der Waals surface area contributed by atoms with Gasteiger partial charge in [-0.05, 0) is 31.9 Å². The number of para-hydroxylation sites is 1. The van der Waals surface area contributed by atoms with Gasteiger partial charge in [-0.2, -0.15) is 0 Å². The maximum atomic E-state index is 12.0. The Morgan fingerprint density at radius 2 is 2.00 bits per heavy atom. The van der Waals surface area contributed by atoms with Gasteiger partial charge >= 0.3 is 6.03 Å². The monoisotopic (exact) mass is 314 g/mol. The van der Waals surface area contributed by atoms with Crippen LogP contribution >= 0.6 is 0 Å². The first-order chi connectivity index (χ1) is 11.0. The zero-order valence-corrected chi connectivity index (χ0v) is 13.7. The first-order valence-electron chi connectivity index (χ1n) is 7.68. The van der Waals surface area contributed by atoms with Crippen molar-refractivity contribution >= 4 is 11.7 Å². The summed E-state index contributed by atoms with van der Waals surface area (Å²) in [5, 5.41) is 5.58. The first kappa shape index (κ1) is 16.7. The van der Waals surface area contributed by atoms with E-state index in [1.165, 1.54) is 10.9 Å². The molecule has 1 aromatic heterocycles. The van der Waals surface area contributed by atoms with Gasteiger partial charge in [-0.1, -0.05) is 25.1 Å². The molecule has 1 aromatic carbocycles. The summed E-state index contributed by atoms with van der Waals surface area (Å²) < 4.78 is 1.50. The first-order valence-corrected chi connectivity index (χ1v) is 7.68. The van der Waals surface area contributed by atoms with E-state index in [4.69, 9.17) is 0 Å². The molecule has 2 rings (SSSR count). The van der Waals surface area contributed by atoms with Gasteiger partial charge in [0.1, 0.15) is 0 Å². The Morgan fingerprint density at radius 1 is 1.26 bits per heavy atom. The highest BCUT2D eigenvalue weighted by molar-refractivity contribution is 5.90. The van der Waals surface area contributed by atoms with Crippen LogP contribution in [-0.4, -0.2) is 22.1 Å². The number of urea groups is 1. The molecule has 0 fully saturated rings. The number of aromatic nitrogens is 2. The average Bonchev–Trinajstić information content (AvgIpc) is 2.55. The summed E-state index contributed by atoms with van der Waals surface area (Å²) in [5.74, 6) is 0. The number of aryl methyl sites for hydroxylation is 2. The van der Waals surface area contributed by atoms with Crippen LogP contribution in [0.25, 0.3) is 0 Å². The number of carbonyl (C=O) groups excluding carboxylic acids is 1. The molecule has 6 nitrogen and oxygen atoms in total. The van der Waals surface area contributed by atoms with Gasteiger partial charge < -0.3 is 10.6 Å². The molecule has 6 heteroatoms. The second kappa shape index (κ2) is 7.58. The summed E-state index contributed by atoms with van der Waals surface area (Å²) in [6.45, 7) is 6.33. The molecule has 2 amide bonds. The Morgan fingerprint density at radius 3 is 2.74 bits per heavy atom. The van der Waals surface area contributed by atoms with Crippen molar-refractivity contribution in [2.45, 2.75) is 33.7 Å². The topological polar surface area (TPSA) is 76.0 Å². The molecule has 0 unspecified atom stereocenters. The van der Waals surface area contributed by atoms with Crippen LogP contribution in [0.15, 0.2) is 35.4 Å². The summed E-state index contributed by atoms with van der Waals surface area (Å²) in [7, 11) is 0. The number of hydrogen-bond donors (Lipinski definition) is 2. The quantitative estimate of drug-likeness (QED) is 0.888. The van der Waals surface area contributed by atoms with Crippen LogP contribution in [0.4, 0.5) is 10.5 Å². The molecule has 0 aliphatic rings. The molecule has 0 aliphatic heterocycles. The lowest BCUT2D eigenvalue weighted by atomic mass is 10.1. The van der Waals surface area contributed by atoms with Crippen LogP contribution in [0.5, 0.6) is 0 Å². The molecule has 2 aromatic rings. The van der Waals surface area contributed by atoms with Crippen molar-refractivity contribution in [2.24, 2.45) is 0 Å². The molecule has 0 saturated heterocycles. The number of benzene rings is 1. The average molecular weight is 314 g/mol. The fourth-order valence-electron chi connectivity index (χ4n) is 2.24. The normalized spacial score (nSPS) is 10.4. The highest BCUT2D eigenvalue weighted by Crippen LogP contribution is 2.14. The second-order valence-electron chi connectivity index (χ2n) is 5.35. The molecular formula is C17H22N4O2. The van der Waals surface area contributed by atoms with Crippen molar-refractivity contribution in [3.63, 3.8) is 0 Å². The van der Waals surface area contributed by atoms with Crippen molar-refractivity contribution in [1.82, 2.24) is 14.9 Å². The lowest BCUT2D eigenvalue weighted by Crippen LogP contribution is -2.34. The summed E-state index contributed by atoms with van der Waals surface area (Å²) >= 11 is 0. The SMILES string of the molecule is CCc1ccccc1NC(=O)NCCn1cnc(C)c(C)c1=O. The van der Waals surface area contributed by atoms with E-state index >= 15 is 0 Å². The number of rotatable bonds is 5. The van der Waals surface area contributed by atoms with Crippen LogP contribution in [0.1, 0.15) is 23.7 Å². The molecule has 23 heavy (non-hydrogen) atoms. The Kier molecular flexibility index (Phi) is 5.51. The van der Waals surface area contributed by atoms with Crippen molar-refractivity contribution in [3.05, 3.63) is 57.8 Å². The molecular weight excluding hydrogens is 292 g/mol. The lowest BCUT2D eigenvalue weighted by Gasteiger charge is -2.12. The van der Waals surface area contributed by atoms with Gasteiger partial charge in [0.05, 0.1) is 6.33 Å². The fourth-order valence-corrected chi connectivity index (χ4v) is 2.24. The van der Waals surface area contributed by atoms with Crippen molar-refractivity contribution in [2.75, 3.05) is 11.9 Å². The van der Waals surface area contributed by atoms with E-state index in [0.29, 0.717) is 18.7 Å². The van der Waals surface area contributed by atoms with E-state index in [2.05, 4.69) is 15.6 Å². The summed E-state index contributed by atoms with van der Waals surface area (Å²) in [6.07, 6.45) is 2.36. The van der Waals surface area contributed by atoms with Gasteiger partial charge in [-0.3, -0.25) is 9.36 Å². The standard InChI is InChI=1S/C17H22N4O2/c1-4-14-7-5-6-8-15(14)20-17(23)18-9-10-21-11-19-13(3)12(2)16(21)22/h5-8,11H,4,9-10H2,1-3H3,(H2,18,20,23). The molecule has 2 N–H and O–H groups in total. The predicted octanol–water partition coefficient (Wildman–Crippen LogP) is 2.24. The zero-order chi connectivity index (χ0) is 16.8. The van der Waals surface area contributed by atoms with Gasteiger partial charge in [0, 0.05) is 30.0 Å². The minimum Gasteiger partial charge on any atom is -0.336 e. The maximum Gasteiger partial charge on any atom is 0.319 e. The van der Waals surface area contributed by atoms with Gasteiger partial charge in [0.15, 0.2) is 0 Å². The van der Waals surface area contributed by atoms with Gasteiger partial charge in [0.25, 0.3) is 5.56 Å². The fraction of sp³-hybridized carbons (Fsp3) is 0.353. The Hall–Kier alpha value is -2.63. The third-order valence-corrected chi connectivity index (χ3v) is 3.80. The highest BCUT2D eigenvalue weighted by Gasteiger charge is 2.06. The van der Waals surface area contributed by atoms with E-state index in [-0.39, 0.29) is 11.6 Å². The molecule has 1 heterocycles. The van der Waals surface area contributed by atoms with Gasteiger partial charge in [-0.15, -0.1) is 0 Å². The van der Waals surface area contributed by atoms with Gasteiger partial charge in [-0.25, -0.2) is 9.78 Å². The number of hydrogen-bond acceptors (Lipinski definition) is 3. The van der Waals surface area contributed by atoms with Crippen LogP contribution in [0.2, 0.25) is 0 Å². The van der Waals surface area contributed by atoms with E-state index in [0.717, 1.165) is 23.4 Å². The van der Waals surface area contributed by atoms with Gasteiger partial charge in [0.2, 0.25) is 0 Å². The van der Waals surface area contributed by atoms with Crippen LogP contribution < -0.4 is 16.2 Å². The Bertz CT molecular complexity index is 752. The smallest absolute Gasteiger partial charge is 0.319 e.